The molecule has 0 saturated heterocycles. The van der Waals surface area contributed by atoms with Gasteiger partial charge in [0.05, 0.1) is 18.0 Å². The van der Waals surface area contributed by atoms with Gasteiger partial charge in [-0.05, 0) is 30.5 Å². The number of hydrogen-bond acceptors (Lipinski definition) is 3. The summed E-state index contributed by atoms with van der Waals surface area (Å²) in [6, 6.07) is 15.4. The highest BCUT2D eigenvalue weighted by molar-refractivity contribution is 7.89. The van der Waals surface area contributed by atoms with Gasteiger partial charge in [0.1, 0.15) is 0 Å². The summed E-state index contributed by atoms with van der Waals surface area (Å²) >= 11 is 0. The number of aryl methyl sites for hydroxylation is 1. The molecule has 2 rings (SSSR count). The maximum Gasteiger partial charge on any atom is 0.214 e. The summed E-state index contributed by atoms with van der Waals surface area (Å²) in [4.78, 5) is 4.15. The zero-order valence-corrected chi connectivity index (χ0v) is 13.0. The largest absolute Gasteiger partial charge is 0.260 e. The van der Waals surface area contributed by atoms with Crippen LogP contribution in [-0.2, 0) is 23.0 Å². The Kier molecular flexibility index (Phi) is 5.47. The molecule has 1 aromatic carbocycles. The SMILES string of the molecule is CN(Cc1ccccn1)S(=O)(=O)CCCc1ccccc1. The summed E-state index contributed by atoms with van der Waals surface area (Å²) < 4.78 is 25.8. The second-order valence-electron chi connectivity index (χ2n) is 4.98. The lowest BCUT2D eigenvalue weighted by atomic mass is 10.1. The molecule has 0 saturated carbocycles. The average Bonchev–Trinajstić information content (AvgIpc) is 2.49. The van der Waals surface area contributed by atoms with E-state index in [1.165, 1.54) is 9.87 Å². The van der Waals surface area contributed by atoms with Gasteiger partial charge in [0.25, 0.3) is 0 Å². The van der Waals surface area contributed by atoms with Gasteiger partial charge in [-0.3, -0.25) is 4.98 Å². The molecular formula is C16H20N2O2S. The van der Waals surface area contributed by atoms with Crippen LogP contribution in [0.5, 0.6) is 0 Å². The van der Waals surface area contributed by atoms with Crippen molar-refractivity contribution in [1.82, 2.24) is 9.29 Å². The van der Waals surface area contributed by atoms with Crippen LogP contribution in [0.2, 0.25) is 0 Å². The number of nitrogens with zero attached hydrogens (tertiary/aromatic N) is 2. The average molecular weight is 304 g/mol. The maximum absolute atomic E-state index is 12.2. The molecule has 0 fully saturated rings. The predicted molar refractivity (Wildman–Crippen MR) is 84.3 cm³/mol. The monoisotopic (exact) mass is 304 g/mol. The van der Waals surface area contributed by atoms with Crippen LogP contribution in [0.15, 0.2) is 54.7 Å². The molecule has 0 N–H and O–H groups in total. The van der Waals surface area contributed by atoms with Crippen molar-refractivity contribution in [1.29, 1.82) is 0 Å². The molecule has 5 heteroatoms. The zero-order valence-electron chi connectivity index (χ0n) is 12.1. The third-order valence-electron chi connectivity index (χ3n) is 3.30. The molecule has 0 atom stereocenters. The van der Waals surface area contributed by atoms with Gasteiger partial charge in [-0.2, -0.15) is 4.31 Å². The molecule has 0 radical (unpaired) electrons. The van der Waals surface area contributed by atoms with E-state index in [4.69, 9.17) is 0 Å². The lowest BCUT2D eigenvalue weighted by Gasteiger charge is -2.16. The van der Waals surface area contributed by atoms with Crippen LogP contribution in [-0.4, -0.2) is 30.5 Å². The molecule has 1 aromatic heterocycles. The summed E-state index contributed by atoms with van der Waals surface area (Å²) in [5, 5.41) is 0. The first-order valence-corrected chi connectivity index (χ1v) is 8.57. The van der Waals surface area contributed by atoms with Crippen molar-refractivity contribution in [2.24, 2.45) is 0 Å². The van der Waals surface area contributed by atoms with Gasteiger partial charge >= 0.3 is 0 Å². The third-order valence-corrected chi connectivity index (χ3v) is 5.18. The Morgan fingerprint density at radius 1 is 1.05 bits per heavy atom. The molecule has 112 valence electrons. The minimum absolute atomic E-state index is 0.158. The van der Waals surface area contributed by atoms with E-state index < -0.39 is 10.0 Å². The van der Waals surface area contributed by atoms with E-state index in [1.54, 1.807) is 13.2 Å². The Bertz CT molecular complexity index is 642. The van der Waals surface area contributed by atoms with E-state index in [0.29, 0.717) is 13.0 Å². The van der Waals surface area contributed by atoms with Crippen molar-refractivity contribution < 1.29 is 8.42 Å². The van der Waals surface area contributed by atoms with Crippen LogP contribution >= 0.6 is 0 Å². The van der Waals surface area contributed by atoms with E-state index in [0.717, 1.165) is 12.1 Å². The summed E-state index contributed by atoms with van der Waals surface area (Å²) in [5.74, 6) is 0.158. The smallest absolute Gasteiger partial charge is 0.214 e. The molecule has 21 heavy (non-hydrogen) atoms. The summed E-state index contributed by atoms with van der Waals surface area (Å²) in [6.07, 6.45) is 3.07. The molecule has 0 aliphatic carbocycles. The van der Waals surface area contributed by atoms with Gasteiger partial charge in [0.2, 0.25) is 10.0 Å². The van der Waals surface area contributed by atoms with E-state index >= 15 is 0 Å². The van der Waals surface area contributed by atoms with Crippen LogP contribution in [0.3, 0.4) is 0 Å². The first-order chi connectivity index (χ1) is 10.1. The van der Waals surface area contributed by atoms with E-state index in [-0.39, 0.29) is 5.75 Å². The van der Waals surface area contributed by atoms with E-state index in [2.05, 4.69) is 4.98 Å². The summed E-state index contributed by atoms with van der Waals surface area (Å²) in [5.41, 5.74) is 1.92. The molecule has 2 aromatic rings. The lowest BCUT2D eigenvalue weighted by Crippen LogP contribution is -2.29. The van der Waals surface area contributed by atoms with Crippen molar-refractivity contribution in [3.05, 3.63) is 66.0 Å². The van der Waals surface area contributed by atoms with Crippen LogP contribution in [0.4, 0.5) is 0 Å². The molecule has 0 aliphatic rings. The van der Waals surface area contributed by atoms with Gasteiger partial charge in [-0.15, -0.1) is 0 Å². The van der Waals surface area contributed by atoms with Gasteiger partial charge in [-0.1, -0.05) is 36.4 Å². The molecule has 0 unspecified atom stereocenters. The Labute approximate surface area is 126 Å². The summed E-state index contributed by atoms with van der Waals surface area (Å²) in [7, 11) is -1.63. The molecule has 1 heterocycles. The maximum atomic E-state index is 12.2. The molecule has 0 amide bonds. The second kappa shape index (κ2) is 7.33. The van der Waals surface area contributed by atoms with Crippen molar-refractivity contribution >= 4 is 10.0 Å². The van der Waals surface area contributed by atoms with E-state index in [1.807, 2.05) is 48.5 Å². The quantitative estimate of drug-likeness (QED) is 0.789. The van der Waals surface area contributed by atoms with Gasteiger partial charge in [0, 0.05) is 13.2 Å². The Balaban J connectivity index is 1.86. The molecule has 4 nitrogen and oxygen atoms in total. The van der Waals surface area contributed by atoms with Crippen LogP contribution in [0, 0.1) is 0 Å². The minimum atomic E-state index is -3.24. The Morgan fingerprint density at radius 2 is 1.76 bits per heavy atom. The van der Waals surface area contributed by atoms with Gasteiger partial charge in [0.15, 0.2) is 0 Å². The predicted octanol–water partition coefficient (Wildman–Crippen LogP) is 2.48. The van der Waals surface area contributed by atoms with Crippen molar-refractivity contribution in [2.75, 3.05) is 12.8 Å². The highest BCUT2D eigenvalue weighted by Crippen LogP contribution is 2.09. The number of hydrogen-bond donors (Lipinski definition) is 0. The molecule has 0 spiro atoms. The van der Waals surface area contributed by atoms with Crippen LogP contribution in [0.25, 0.3) is 0 Å². The molecule has 0 bridgehead atoms. The van der Waals surface area contributed by atoms with Gasteiger partial charge in [-0.25, -0.2) is 8.42 Å². The Morgan fingerprint density at radius 3 is 2.43 bits per heavy atom. The lowest BCUT2D eigenvalue weighted by molar-refractivity contribution is 0.461. The van der Waals surface area contributed by atoms with Gasteiger partial charge < -0.3 is 0 Å². The fraction of sp³-hybridized carbons (Fsp3) is 0.312. The minimum Gasteiger partial charge on any atom is -0.260 e. The number of benzene rings is 1. The van der Waals surface area contributed by atoms with Crippen molar-refractivity contribution in [3.8, 4) is 0 Å². The van der Waals surface area contributed by atoms with Crippen molar-refractivity contribution in [3.63, 3.8) is 0 Å². The van der Waals surface area contributed by atoms with Crippen LogP contribution < -0.4 is 0 Å². The number of sulfonamides is 1. The Hall–Kier alpha value is -1.72. The van der Waals surface area contributed by atoms with Crippen LogP contribution in [0.1, 0.15) is 17.7 Å². The van der Waals surface area contributed by atoms with E-state index in [9.17, 15) is 8.42 Å². The first kappa shape index (κ1) is 15.7. The second-order valence-corrected chi connectivity index (χ2v) is 7.18. The number of aromatic nitrogens is 1. The first-order valence-electron chi connectivity index (χ1n) is 6.96. The highest BCUT2D eigenvalue weighted by atomic mass is 32.2. The fourth-order valence-electron chi connectivity index (χ4n) is 2.08. The topological polar surface area (TPSA) is 50.3 Å². The number of pyridine rings is 1. The zero-order chi connectivity index (χ0) is 15.1. The highest BCUT2D eigenvalue weighted by Gasteiger charge is 2.17. The normalized spacial score (nSPS) is 11.7. The fourth-order valence-corrected chi connectivity index (χ4v) is 3.23. The third kappa shape index (κ3) is 4.95. The summed E-state index contributed by atoms with van der Waals surface area (Å²) in [6.45, 7) is 0.314. The standard InChI is InChI=1S/C16H20N2O2S/c1-18(14-16-11-5-6-12-17-16)21(19,20)13-7-10-15-8-3-2-4-9-15/h2-6,8-9,11-12H,7,10,13-14H2,1H3. The molecule has 0 aliphatic heterocycles. The van der Waals surface area contributed by atoms with Crippen molar-refractivity contribution in [2.45, 2.75) is 19.4 Å². The molecular weight excluding hydrogens is 284 g/mol. The number of rotatable bonds is 7.